The van der Waals surface area contributed by atoms with Crippen LogP contribution in [0.5, 0.6) is 0 Å². The largest absolute Gasteiger partial charge is 0.465 e. The van der Waals surface area contributed by atoms with Gasteiger partial charge in [-0.05, 0) is 73.2 Å². The molecule has 2 N–H and O–H groups in total. The first-order valence-electron chi connectivity index (χ1n) is 10.6. The van der Waals surface area contributed by atoms with Crippen molar-refractivity contribution in [2.24, 2.45) is 0 Å². The van der Waals surface area contributed by atoms with Gasteiger partial charge in [0.15, 0.2) is 0 Å². The van der Waals surface area contributed by atoms with E-state index in [4.69, 9.17) is 23.2 Å². The van der Waals surface area contributed by atoms with E-state index in [0.29, 0.717) is 38.8 Å². The van der Waals surface area contributed by atoms with E-state index in [2.05, 4.69) is 15.4 Å². The second kappa shape index (κ2) is 10.2. The molecule has 0 radical (unpaired) electrons. The minimum atomic E-state index is -0.663. The van der Waals surface area contributed by atoms with Crippen molar-refractivity contribution in [1.29, 1.82) is 0 Å². The average Bonchev–Trinajstić information content (AvgIpc) is 3.09. The molecule has 0 fully saturated rings. The summed E-state index contributed by atoms with van der Waals surface area (Å²) in [6.07, 6.45) is 0. The number of amides is 3. The minimum absolute atomic E-state index is 0.0797. The van der Waals surface area contributed by atoms with E-state index in [-0.39, 0.29) is 16.6 Å². The van der Waals surface area contributed by atoms with Crippen LogP contribution in [0.25, 0.3) is 0 Å². The number of hydrogen-bond acceptors (Lipinski definition) is 6. The van der Waals surface area contributed by atoms with Crippen LogP contribution in [0.1, 0.15) is 26.3 Å². The van der Waals surface area contributed by atoms with Gasteiger partial charge in [0, 0.05) is 22.0 Å². The molecule has 0 spiro atoms. The summed E-state index contributed by atoms with van der Waals surface area (Å²) in [6.45, 7) is 1.70. The molecule has 3 aromatic carbocycles. The molecule has 182 valence electrons. The van der Waals surface area contributed by atoms with Crippen LogP contribution in [0.15, 0.2) is 77.5 Å². The molecule has 3 aromatic rings. The Hall–Kier alpha value is -4.14. The van der Waals surface area contributed by atoms with Gasteiger partial charge in [-0.2, -0.15) is 0 Å². The number of nitrogens with one attached hydrogen (secondary N) is 2. The van der Waals surface area contributed by atoms with E-state index in [1.54, 1.807) is 73.7 Å². The van der Waals surface area contributed by atoms with Crippen molar-refractivity contribution in [3.8, 4) is 0 Å². The zero-order valence-electron chi connectivity index (χ0n) is 19.1. The lowest BCUT2D eigenvalue weighted by molar-refractivity contribution is -0.120. The maximum atomic E-state index is 13.0. The first kappa shape index (κ1) is 25.0. The maximum Gasteiger partial charge on any atom is 0.337 e. The number of halogens is 2. The zero-order valence-corrected chi connectivity index (χ0v) is 20.6. The minimum Gasteiger partial charge on any atom is -0.465 e. The monoisotopic (exact) mass is 523 g/mol. The van der Waals surface area contributed by atoms with Crippen LogP contribution in [0.2, 0.25) is 5.02 Å². The summed E-state index contributed by atoms with van der Waals surface area (Å²) in [4.78, 5) is 50.8. The molecular weight excluding hydrogens is 505 g/mol. The highest BCUT2D eigenvalue weighted by Crippen LogP contribution is 2.34. The van der Waals surface area contributed by atoms with Crippen LogP contribution in [0, 0.1) is 6.92 Å². The van der Waals surface area contributed by atoms with Crippen molar-refractivity contribution < 1.29 is 23.9 Å². The number of carbonyl (C=O) groups is 4. The molecule has 0 bridgehead atoms. The highest BCUT2D eigenvalue weighted by atomic mass is 35.5. The third-order valence-corrected chi connectivity index (χ3v) is 6.25. The Morgan fingerprint density at radius 1 is 0.833 bits per heavy atom. The number of methoxy groups -OCH3 is 1. The molecule has 36 heavy (non-hydrogen) atoms. The summed E-state index contributed by atoms with van der Waals surface area (Å²) in [6, 6.07) is 17.4. The van der Waals surface area contributed by atoms with Gasteiger partial charge >= 0.3 is 5.97 Å². The van der Waals surface area contributed by atoms with Gasteiger partial charge in [-0.1, -0.05) is 29.3 Å². The van der Waals surface area contributed by atoms with Gasteiger partial charge in [-0.25, -0.2) is 9.69 Å². The SMILES string of the molecule is COC(=O)c1ccc(NC(=O)c2ccc(NC3=C(Cl)C(=O)N(c4cccc(Cl)c4C)C3=O)cc2)cc1. The van der Waals surface area contributed by atoms with E-state index in [0.717, 1.165) is 4.90 Å². The number of carbonyl (C=O) groups excluding carboxylic acids is 4. The Balaban J connectivity index is 1.46. The van der Waals surface area contributed by atoms with Crippen molar-refractivity contribution in [3.63, 3.8) is 0 Å². The van der Waals surface area contributed by atoms with Gasteiger partial charge in [-0.15, -0.1) is 0 Å². The van der Waals surface area contributed by atoms with Gasteiger partial charge in [0.1, 0.15) is 10.7 Å². The second-order valence-electron chi connectivity index (χ2n) is 7.74. The number of benzene rings is 3. The van der Waals surface area contributed by atoms with Crippen LogP contribution in [-0.4, -0.2) is 30.8 Å². The molecule has 4 rings (SSSR count). The lowest BCUT2D eigenvalue weighted by atomic mass is 10.1. The standard InChI is InChI=1S/C26H19Cl2N3O5/c1-14-19(27)4-3-5-20(14)31-24(33)21(28)22(25(31)34)29-17-10-6-15(7-11-17)23(32)30-18-12-8-16(9-13-18)26(35)36-2/h3-13,29H,1-2H3,(H,30,32). The highest BCUT2D eigenvalue weighted by molar-refractivity contribution is 6.53. The maximum absolute atomic E-state index is 13.0. The summed E-state index contributed by atoms with van der Waals surface area (Å²) in [7, 11) is 1.29. The number of anilines is 3. The van der Waals surface area contributed by atoms with Gasteiger partial charge in [0.05, 0.1) is 18.4 Å². The van der Waals surface area contributed by atoms with Crippen LogP contribution in [-0.2, 0) is 14.3 Å². The van der Waals surface area contributed by atoms with E-state index >= 15 is 0 Å². The van der Waals surface area contributed by atoms with E-state index < -0.39 is 17.8 Å². The van der Waals surface area contributed by atoms with Gasteiger partial charge in [0.2, 0.25) is 0 Å². The fraction of sp³-hybridized carbons (Fsp3) is 0.0769. The molecule has 10 heteroatoms. The lowest BCUT2D eigenvalue weighted by Gasteiger charge is -2.18. The van der Waals surface area contributed by atoms with Crippen molar-refractivity contribution in [2.45, 2.75) is 6.92 Å². The molecule has 3 amide bonds. The molecule has 0 unspecified atom stereocenters. The average molecular weight is 524 g/mol. The lowest BCUT2D eigenvalue weighted by Crippen LogP contribution is -2.32. The van der Waals surface area contributed by atoms with Crippen molar-refractivity contribution >= 4 is 64.0 Å². The Labute approximate surface area is 216 Å². The molecule has 0 aromatic heterocycles. The fourth-order valence-electron chi connectivity index (χ4n) is 3.53. The smallest absolute Gasteiger partial charge is 0.337 e. The van der Waals surface area contributed by atoms with Crippen LogP contribution in [0.4, 0.5) is 17.1 Å². The highest BCUT2D eigenvalue weighted by Gasteiger charge is 2.39. The molecule has 1 aliphatic heterocycles. The fourth-order valence-corrected chi connectivity index (χ4v) is 3.91. The molecule has 0 saturated heterocycles. The Bertz CT molecular complexity index is 1420. The molecule has 0 saturated carbocycles. The predicted octanol–water partition coefficient (Wildman–Crippen LogP) is 5.12. The summed E-state index contributed by atoms with van der Waals surface area (Å²) >= 11 is 12.3. The van der Waals surface area contributed by atoms with E-state index in [1.807, 2.05) is 0 Å². The van der Waals surface area contributed by atoms with E-state index in [9.17, 15) is 19.2 Å². The number of rotatable bonds is 6. The van der Waals surface area contributed by atoms with Crippen LogP contribution in [0.3, 0.4) is 0 Å². The first-order valence-corrected chi connectivity index (χ1v) is 11.4. The summed E-state index contributed by atoms with van der Waals surface area (Å²) in [5.74, 6) is -2.13. The Kier molecular flexibility index (Phi) is 7.10. The molecule has 0 atom stereocenters. The molecule has 0 aliphatic carbocycles. The summed E-state index contributed by atoms with van der Waals surface area (Å²) < 4.78 is 4.65. The van der Waals surface area contributed by atoms with E-state index in [1.165, 1.54) is 7.11 Å². The Morgan fingerprint density at radius 3 is 2.08 bits per heavy atom. The van der Waals surface area contributed by atoms with Gasteiger partial charge in [0.25, 0.3) is 17.7 Å². The third kappa shape index (κ3) is 4.82. The predicted molar refractivity (Wildman–Crippen MR) is 137 cm³/mol. The topological polar surface area (TPSA) is 105 Å². The second-order valence-corrected chi connectivity index (χ2v) is 8.53. The number of hydrogen-bond donors (Lipinski definition) is 2. The molecule has 8 nitrogen and oxygen atoms in total. The third-order valence-electron chi connectivity index (χ3n) is 5.49. The number of esters is 1. The molecule has 1 heterocycles. The first-order chi connectivity index (χ1) is 17.2. The molecular formula is C26H19Cl2N3O5. The summed E-state index contributed by atoms with van der Waals surface area (Å²) in [5.41, 5.74) is 2.50. The normalized spacial score (nSPS) is 13.2. The number of ether oxygens (including phenoxy) is 1. The number of nitrogens with zero attached hydrogens (tertiary/aromatic N) is 1. The number of imide groups is 1. The van der Waals surface area contributed by atoms with Crippen molar-refractivity contribution in [3.05, 3.63) is 99.2 Å². The van der Waals surface area contributed by atoms with Crippen molar-refractivity contribution in [1.82, 2.24) is 0 Å². The zero-order chi connectivity index (χ0) is 26.0. The summed E-state index contributed by atoms with van der Waals surface area (Å²) in [5, 5.41) is 5.76. The van der Waals surface area contributed by atoms with Crippen molar-refractivity contribution in [2.75, 3.05) is 22.6 Å². The van der Waals surface area contributed by atoms with Gasteiger partial charge in [-0.3, -0.25) is 14.4 Å². The van der Waals surface area contributed by atoms with Crippen LogP contribution < -0.4 is 15.5 Å². The quantitative estimate of drug-likeness (QED) is 0.343. The Morgan fingerprint density at radius 2 is 1.44 bits per heavy atom. The van der Waals surface area contributed by atoms with Crippen LogP contribution >= 0.6 is 23.2 Å². The molecule has 1 aliphatic rings. The van der Waals surface area contributed by atoms with Gasteiger partial charge < -0.3 is 15.4 Å².